The Morgan fingerprint density at radius 1 is 1.44 bits per heavy atom. The van der Waals surface area contributed by atoms with Crippen molar-refractivity contribution < 1.29 is 0 Å². The van der Waals surface area contributed by atoms with Crippen molar-refractivity contribution in [2.45, 2.75) is 18.9 Å². The average molecular weight is 233 g/mol. The monoisotopic (exact) mass is 233 g/mol. The molecule has 1 aromatic carbocycles. The molecule has 0 amide bonds. The van der Waals surface area contributed by atoms with E-state index in [0.717, 1.165) is 18.9 Å². The summed E-state index contributed by atoms with van der Waals surface area (Å²) in [7, 11) is 0. The van der Waals surface area contributed by atoms with Gasteiger partial charge in [-0.15, -0.1) is 0 Å². The number of fused-ring (bicyclic) bond motifs is 1. The van der Waals surface area contributed by atoms with Gasteiger partial charge in [0.2, 0.25) is 0 Å². The first-order chi connectivity index (χ1) is 7.93. The van der Waals surface area contributed by atoms with E-state index in [2.05, 4.69) is 39.3 Å². The second-order valence-corrected chi connectivity index (χ2v) is 5.01. The van der Waals surface area contributed by atoms with Crippen LogP contribution in [-0.2, 0) is 0 Å². The van der Waals surface area contributed by atoms with E-state index < -0.39 is 0 Å². The van der Waals surface area contributed by atoms with Gasteiger partial charge in [-0.1, -0.05) is 12.1 Å². The highest BCUT2D eigenvalue weighted by atomic mass is 32.1. The van der Waals surface area contributed by atoms with Gasteiger partial charge >= 0.3 is 0 Å². The van der Waals surface area contributed by atoms with E-state index in [4.69, 9.17) is 0 Å². The molecule has 1 fully saturated rings. The Hall–Kier alpha value is -1.13. The van der Waals surface area contributed by atoms with Crippen LogP contribution in [0.3, 0.4) is 0 Å². The first-order valence-electron chi connectivity index (χ1n) is 5.75. The third-order valence-corrected chi connectivity index (χ3v) is 3.88. The topological polar surface area (TPSA) is 37.0 Å². The van der Waals surface area contributed by atoms with Gasteiger partial charge in [0.15, 0.2) is 0 Å². The Bertz CT molecular complexity index is 474. The molecule has 2 N–H and O–H groups in total. The molecule has 1 aromatic heterocycles. The molecule has 0 radical (unpaired) electrons. The van der Waals surface area contributed by atoms with E-state index in [1.807, 2.05) is 0 Å². The number of nitrogens with one attached hydrogen (secondary N) is 2. The second kappa shape index (κ2) is 4.39. The molecule has 0 saturated carbocycles. The fourth-order valence-corrected chi connectivity index (χ4v) is 2.92. The lowest BCUT2D eigenvalue weighted by Gasteiger charge is -2.10. The molecule has 1 unspecified atom stereocenters. The van der Waals surface area contributed by atoms with Crippen LogP contribution >= 0.6 is 11.5 Å². The van der Waals surface area contributed by atoms with Crippen LogP contribution in [0.15, 0.2) is 24.3 Å². The first-order valence-corrected chi connectivity index (χ1v) is 6.52. The molecular weight excluding hydrogens is 218 g/mol. The van der Waals surface area contributed by atoms with Gasteiger partial charge in [0.25, 0.3) is 0 Å². The quantitative estimate of drug-likeness (QED) is 0.855. The van der Waals surface area contributed by atoms with Crippen LogP contribution in [0.5, 0.6) is 0 Å². The minimum absolute atomic E-state index is 0.612. The molecule has 3 rings (SSSR count). The van der Waals surface area contributed by atoms with Gasteiger partial charge in [-0.3, -0.25) is 0 Å². The van der Waals surface area contributed by atoms with Crippen LogP contribution in [0, 0.1) is 0 Å². The number of nitrogens with zero attached hydrogens (tertiary/aromatic N) is 1. The van der Waals surface area contributed by atoms with Crippen LogP contribution < -0.4 is 10.6 Å². The summed E-state index contributed by atoms with van der Waals surface area (Å²) in [5.41, 5.74) is 0. The predicted molar refractivity (Wildman–Crippen MR) is 69.1 cm³/mol. The maximum Gasteiger partial charge on any atom is 0.147 e. The van der Waals surface area contributed by atoms with Crippen molar-refractivity contribution in [1.82, 2.24) is 9.69 Å². The molecule has 0 spiro atoms. The summed E-state index contributed by atoms with van der Waals surface area (Å²) < 4.78 is 5.71. The van der Waals surface area contributed by atoms with Crippen molar-refractivity contribution in [3.8, 4) is 0 Å². The summed E-state index contributed by atoms with van der Waals surface area (Å²) >= 11 is 1.56. The molecule has 84 valence electrons. The maximum absolute atomic E-state index is 4.46. The van der Waals surface area contributed by atoms with Gasteiger partial charge in [0.05, 0.1) is 4.70 Å². The first kappa shape index (κ1) is 10.1. The fourth-order valence-electron chi connectivity index (χ4n) is 2.16. The van der Waals surface area contributed by atoms with Gasteiger partial charge in [-0.05, 0) is 43.1 Å². The normalized spacial score (nSPS) is 20.4. The Labute approximate surface area is 99.0 Å². The molecular formula is C12H15N3S. The van der Waals surface area contributed by atoms with Crippen LogP contribution in [-0.4, -0.2) is 23.5 Å². The van der Waals surface area contributed by atoms with Crippen molar-refractivity contribution in [3.63, 3.8) is 0 Å². The minimum Gasteiger partial charge on any atom is -0.367 e. The molecule has 0 bridgehead atoms. The largest absolute Gasteiger partial charge is 0.367 e. The minimum atomic E-state index is 0.612. The standard InChI is InChI=1S/C12H15N3S/c1-2-6-11-10(5-1)12(15-16-11)14-8-9-4-3-7-13-9/h1-2,5-6,9,13H,3-4,7-8H2,(H,14,15). The van der Waals surface area contributed by atoms with E-state index in [-0.39, 0.29) is 0 Å². The SMILES string of the molecule is c1ccc2c(NCC3CCCN3)nsc2c1. The van der Waals surface area contributed by atoms with Crippen LogP contribution in [0.1, 0.15) is 12.8 Å². The lowest BCUT2D eigenvalue weighted by atomic mass is 10.2. The zero-order chi connectivity index (χ0) is 10.8. The molecule has 1 saturated heterocycles. The summed E-state index contributed by atoms with van der Waals surface area (Å²) in [6.07, 6.45) is 2.57. The van der Waals surface area contributed by atoms with Gasteiger partial charge in [-0.25, -0.2) is 0 Å². The molecule has 2 aromatic rings. The highest BCUT2D eigenvalue weighted by Crippen LogP contribution is 2.26. The van der Waals surface area contributed by atoms with E-state index in [0.29, 0.717) is 6.04 Å². The van der Waals surface area contributed by atoms with Gasteiger partial charge in [0.1, 0.15) is 5.82 Å². The Morgan fingerprint density at radius 2 is 2.38 bits per heavy atom. The van der Waals surface area contributed by atoms with Gasteiger partial charge in [-0.2, -0.15) is 4.37 Å². The number of benzene rings is 1. The highest BCUT2D eigenvalue weighted by molar-refractivity contribution is 7.13. The van der Waals surface area contributed by atoms with Crippen molar-refractivity contribution in [3.05, 3.63) is 24.3 Å². The molecule has 0 aliphatic carbocycles. The lowest BCUT2D eigenvalue weighted by molar-refractivity contribution is 0.633. The number of anilines is 1. The summed E-state index contributed by atoms with van der Waals surface area (Å²) in [6, 6.07) is 8.98. The van der Waals surface area contributed by atoms with Crippen molar-refractivity contribution in [2.24, 2.45) is 0 Å². The number of aromatic nitrogens is 1. The number of hydrogen-bond donors (Lipinski definition) is 2. The van der Waals surface area contributed by atoms with Gasteiger partial charge in [0, 0.05) is 18.0 Å². The third-order valence-electron chi connectivity index (χ3n) is 3.06. The van der Waals surface area contributed by atoms with E-state index >= 15 is 0 Å². The second-order valence-electron chi connectivity index (χ2n) is 4.20. The summed E-state index contributed by atoms with van der Waals surface area (Å²) in [5.74, 6) is 1.04. The third kappa shape index (κ3) is 1.90. The summed E-state index contributed by atoms with van der Waals surface area (Å²) in [4.78, 5) is 0. The van der Waals surface area contributed by atoms with Crippen molar-refractivity contribution >= 4 is 27.4 Å². The van der Waals surface area contributed by atoms with Crippen molar-refractivity contribution in [1.29, 1.82) is 0 Å². The molecule has 2 heterocycles. The average Bonchev–Trinajstić information content (AvgIpc) is 2.96. The summed E-state index contributed by atoms with van der Waals surface area (Å²) in [6.45, 7) is 2.14. The smallest absolute Gasteiger partial charge is 0.147 e. The van der Waals surface area contributed by atoms with E-state index in [9.17, 15) is 0 Å². The Balaban J connectivity index is 1.73. The predicted octanol–water partition coefficient (Wildman–Crippen LogP) is 2.46. The Kier molecular flexibility index (Phi) is 2.76. The number of hydrogen-bond acceptors (Lipinski definition) is 4. The molecule has 16 heavy (non-hydrogen) atoms. The zero-order valence-corrected chi connectivity index (χ0v) is 9.89. The molecule has 3 nitrogen and oxygen atoms in total. The lowest BCUT2D eigenvalue weighted by Crippen LogP contribution is -2.29. The molecule has 1 atom stereocenters. The molecule has 1 aliphatic heterocycles. The summed E-state index contributed by atoms with van der Waals surface area (Å²) in [5, 5.41) is 8.17. The molecule has 1 aliphatic rings. The van der Waals surface area contributed by atoms with Crippen LogP contribution in [0.4, 0.5) is 5.82 Å². The Morgan fingerprint density at radius 3 is 3.25 bits per heavy atom. The molecule has 4 heteroatoms. The van der Waals surface area contributed by atoms with Crippen molar-refractivity contribution in [2.75, 3.05) is 18.4 Å². The van der Waals surface area contributed by atoms with Gasteiger partial charge < -0.3 is 10.6 Å². The zero-order valence-electron chi connectivity index (χ0n) is 9.07. The fraction of sp³-hybridized carbons (Fsp3) is 0.417. The van der Waals surface area contributed by atoms with E-state index in [1.165, 1.54) is 22.9 Å². The number of rotatable bonds is 3. The van der Waals surface area contributed by atoms with Crippen LogP contribution in [0.2, 0.25) is 0 Å². The highest BCUT2D eigenvalue weighted by Gasteiger charge is 2.14. The maximum atomic E-state index is 4.46. The van der Waals surface area contributed by atoms with E-state index in [1.54, 1.807) is 11.5 Å². The van der Waals surface area contributed by atoms with Crippen LogP contribution in [0.25, 0.3) is 10.1 Å².